The maximum absolute atomic E-state index is 3.78. The first-order valence-electron chi connectivity index (χ1n) is 8.02. The second kappa shape index (κ2) is 6.86. The third-order valence-corrected chi connectivity index (χ3v) is 5.40. The van der Waals surface area contributed by atoms with Crippen molar-refractivity contribution in [3.8, 4) is 0 Å². The molecule has 2 nitrogen and oxygen atoms in total. The van der Waals surface area contributed by atoms with Crippen LogP contribution in [0.3, 0.4) is 0 Å². The molecule has 1 saturated carbocycles. The van der Waals surface area contributed by atoms with E-state index >= 15 is 0 Å². The molecule has 3 heteroatoms. The van der Waals surface area contributed by atoms with Crippen molar-refractivity contribution in [1.82, 2.24) is 5.32 Å². The molecule has 1 heterocycles. The predicted molar refractivity (Wildman–Crippen MR) is 89.6 cm³/mol. The van der Waals surface area contributed by atoms with Crippen LogP contribution in [0, 0.1) is 5.92 Å². The number of hydrogen-bond donors (Lipinski definition) is 1. The smallest absolute Gasteiger partial charge is 0.0412 e. The van der Waals surface area contributed by atoms with Crippen LogP contribution in [0.5, 0.6) is 0 Å². The minimum Gasteiger partial charge on any atom is -0.370 e. The van der Waals surface area contributed by atoms with E-state index in [1.807, 2.05) is 0 Å². The van der Waals surface area contributed by atoms with Gasteiger partial charge in [0.1, 0.15) is 0 Å². The van der Waals surface area contributed by atoms with Gasteiger partial charge in [-0.1, -0.05) is 25.1 Å². The normalized spacial score (nSPS) is 22.4. The summed E-state index contributed by atoms with van der Waals surface area (Å²) in [6.07, 6.45) is 4.14. The molecule has 0 radical (unpaired) electrons. The Balaban J connectivity index is 1.68. The number of hydrogen-bond acceptors (Lipinski definition) is 3. The molecule has 20 heavy (non-hydrogen) atoms. The minimum atomic E-state index is 0.696. The Kier molecular flexibility index (Phi) is 4.90. The first-order valence-corrected chi connectivity index (χ1v) is 9.18. The van der Waals surface area contributed by atoms with E-state index in [0.717, 1.165) is 12.5 Å². The molecular formula is C17H26N2S. The van der Waals surface area contributed by atoms with Gasteiger partial charge in [-0.05, 0) is 48.3 Å². The lowest BCUT2D eigenvalue weighted by Crippen LogP contribution is -2.40. The Hall–Kier alpha value is -0.670. The van der Waals surface area contributed by atoms with Crippen LogP contribution in [0.4, 0.5) is 5.69 Å². The number of nitrogens with one attached hydrogen (secondary N) is 1. The average molecular weight is 290 g/mol. The summed E-state index contributed by atoms with van der Waals surface area (Å²) in [4.78, 5) is 2.63. The van der Waals surface area contributed by atoms with Crippen molar-refractivity contribution >= 4 is 17.4 Å². The molecule has 1 N–H and O–H groups in total. The number of fused-ring (bicyclic) bond motifs is 1. The van der Waals surface area contributed by atoms with Crippen LogP contribution in [0.15, 0.2) is 24.3 Å². The van der Waals surface area contributed by atoms with Gasteiger partial charge in [-0.2, -0.15) is 11.8 Å². The van der Waals surface area contributed by atoms with E-state index in [9.17, 15) is 0 Å². The van der Waals surface area contributed by atoms with E-state index in [4.69, 9.17) is 0 Å². The number of nitrogens with zero attached hydrogens (tertiary/aromatic N) is 1. The molecule has 1 aromatic carbocycles. The van der Waals surface area contributed by atoms with Gasteiger partial charge >= 0.3 is 0 Å². The number of rotatable bonds is 6. The summed E-state index contributed by atoms with van der Waals surface area (Å²) in [6, 6.07) is 9.64. The van der Waals surface area contributed by atoms with Crippen LogP contribution in [0.1, 0.15) is 31.7 Å². The van der Waals surface area contributed by atoms with Crippen LogP contribution < -0.4 is 10.2 Å². The molecule has 110 valence electrons. The molecule has 1 aliphatic heterocycles. The average Bonchev–Trinajstić information content (AvgIpc) is 3.30. The van der Waals surface area contributed by atoms with Crippen molar-refractivity contribution in [2.45, 2.75) is 38.8 Å². The van der Waals surface area contributed by atoms with Gasteiger partial charge in [0.2, 0.25) is 0 Å². The molecule has 0 aromatic heterocycles. The van der Waals surface area contributed by atoms with E-state index in [-0.39, 0.29) is 0 Å². The van der Waals surface area contributed by atoms with Gasteiger partial charge in [-0.25, -0.2) is 0 Å². The van der Waals surface area contributed by atoms with Crippen LogP contribution in [-0.4, -0.2) is 30.6 Å². The third kappa shape index (κ3) is 3.50. The Morgan fingerprint density at radius 1 is 1.30 bits per heavy atom. The molecule has 3 rings (SSSR count). The van der Waals surface area contributed by atoms with Gasteiger partial charge < -0.3 is 10.2 Å². The summed E-state index contributed by atoms with van der Waals surface area (Å²) in [7, 11) is 0. The van der Waals surface area contributed by atoms with Gasteiger partial charge in [0.05, 0.1) is 0 Å². The second-order valence-corrected chi connectivity index (χ2v) is 7.34. The maximum Gasteiger partial charge on any atom is 0.0412 e. The summed E-state index contributed by atoms with van der Waals surface area (Å²) in [5.41, 5.74) is 2.93. The molecule has 0 spiro atoms. The van der Waals surface area contributed by atoms with E-state index in [1.165, 1.54) is 55.1 Å². The van der Waals surface area contributed by atoms with Gasteiger partial charge in [0, 0.05) is 31.4 Å². The zero-order valence-electron chi connectivity index (χ0n) is 12.5. The largest absolute Gasteiger partial charge is 0.370 e. The number of thioether (sulfide) groups is 1. The highest BCUT2D eigenvalue weighted by atomic mass is 32.2. The molecule has 0 amide bonds. The zero-order valence-corrected chi connectivity index (χ0v) is 13.3. The highest BCUT2D eigenvalue weighted by Gasteiger charge is 2.33. The van der Waals surface area contributed by atoms with E-state index < -0.39 is 0 Å². The van der Waals surface area contributed by atoms with E-state index in [2.05, 4.69) is 53.2 Å². The predicted octanol–water partition coefficient (Wildman–Crippen LogP) is 3.52. The highest BCUT2D eigenvalue weighted by Crippen LogP contribution is 2.35. The Labute approximate surface area is 127 Å². The molecule has 1 aromatic rings. The molecule has 0 saturated heterocycles. The summed E-state index contributed by atoms with van der Waals surface area (Å²) < 4.78 is 0. The van der Waals surface area contributed by atoms with Crippen molar-refractivity contribution in [2.75, 3.05) is 29.5 Å². The topological polar surface area (TPSA) is 15.3 Å². The lowest BCUT2D eigenvalue weighted by Gasteiger charge is -2.27. The molecule has 2 aliphatic rings. The van der Waals surface area contributed by atoms with Crippen LogP contribution in [-0.2, 0) is 6.54 Å². The molecule has 1 unspecified atom stereocenters. The van der Waals surface area contributed by atoms with Crippen molar-refractivity contribution in [2.24, 2.45) is 5.92 Å². The zero-order chi connectivity index (χ0) is 13.8. The molecule has 1 aliphatic carbocycles. The molecular weight excluding hydrogens is 264 g/mol. The first-order chi connectivity index (χ1) is 9.88. The van der Waals surface area contributed by atoms with Crippen molar-refractivity contribution in [3.63, 3.8) is 0 Å². The number of benzene rings is 1. The minimum absolute atomic E-state index is 0.696. The van der Waals surface area contributed by atoms with E-state index in [1.54, 1.807) is 0 Å². The quantitative estimate of drug-likeness (QED) is 0.807. The summed E-state index contributed by atoms with van der Waals surface area (Å²) in [6.45, 7) is 5.68. The SMILES string of the molecule is CCSCCCN1CC(C2CC2)NCc2ccccc21. The first kappa shape index (κ1) is 14.3. The molecule has 1 atom stereocenters. The lowest BCUT2D eigenvalue weighted by atomic mass is 10.1. The fraction of sp³-hybridized carbons (Fsp3) is 0.647. The van der Waals surface area contributed by atoms with Crippen LogP contribution in [0.2, 0.25) is 0 Å². The standard InChI is InChI=1S/C17H26N2S/c1-2-20-11-5-10-19-13-16(14-8-9-14)18-12-15-6-3-4-7-17(15)19/h3-4,6-7,14,16,18H,2,5,8-13H2,1H3. The van der Waals surface area contributed by atoms with Crippen molar-refractivity contribution < 1.29 is 0 Å². The Bertz CT molecular complexity index is 431. The van der Waals surface area contributed by atoms with E-state index in [0.29, 0.717) is 6.04 Å². The molecule has 1 fully saturated rings. The number of para-hydroxylation sites is 1. The van der Waals surface area contributed by atoms with Crippen LogP contribution >= 0.6 is 11.8 Å². The second-order valence-electron chi connectivity index (χ2n) is 5.95. The van der Waals surface area contributed by atoms with Gasteiger partial charge in [-0.15, -0.1) is 0 Å². The van der Waals surface area contributed by atoms with Gasteiger partial charge in [0.15, 0.2) is 0 Å². The summed E-state index contributed by atoms with van der Waals surface area (Å²) >= 11 is 2.06. The Morgan fingerprint density at radius 2 is 2.15 bits per heavy atom. The fourth-order valence-electron chi connectivity index (χ4n) is 3.14. The monoisotopic (exact) mass is 290 g/mol. The van der Waals surface area contributed by atoms with Crippen molar-refractivity contribution in [1.29, 1.82) is 0 Å². The van der Waals surface area contributed by atoms with Gasteiger partial charge in [0.25, 0.3) is 0 Å². The third-order valence-electron chi connectivity index (χ3n) is 4.42. The molecule has 0 bridgehead atoms. The highest BCUT2D eigenvalue weighted by molar-refractivity contribution is 7.99. The summed E-state index contributed by atoms with van der Waals surface area (Å²) in [5, 5.41) is 3.78. The van der Waals surface area contributed by atoms with Crippen LogP contribution in [0.25, 0.3) is 0 Å². The van der Waals surface area contributed by atoms with Gasteiger partial charge in [-0.3, -0.25) is 0 Å². The summed E-state index contributed by atoms with van der Waals surface area (Å²) in [5.74, 6) is 3.45. The fourth-order valence-corrected chi connectivity index (χ4v) is 3.76. The van der Waals surface area contributed by atoms with Crippen molar-refractivity contribution in [3.05, 3.63) is 29.8 Å². The maximum atomic E-state index is 3.78. The lowest BCUT2D eigenvalue weighted by molar-refractivity contribution is 0.467. The Morgan fingerprint density at radius 3 is 2.95 bits per heavy atom. The number of anilines is 1.